The first-order valence-electron chi connectivity index (χ1n) is 9.30. The van der Waals surface area contributed by atoms with Crippen LogP contribution in [0.25, 0.3) is 11.3 Å². The fraction of sp³-hybridized carbons (Fsp3) is 0.300. The molecule has 8 heteroatoms. The molecule has 1 aliphatic heterocycles. The molecule has 4 rings (SSSR count). The van der Waals surface area contributed by atoms with Crippen LogP contribution in [0, 0.1) is 0 Å². The third kappa shape index (κ3) is 3.28. The summed E-state index contributed by atoms with van der Waals surface area (Å²) in [6, 6.07) is 9.99. The highest BCUT2D eigenvalue weighted by atomic mass is 16.5. The van der Waals surface area contributed by atoms with Crippen molar-refractivity contribution in [1.29, 1.82) is 0 Å². The third-order valence-electron chi connectivity index (χ3n) is 4.87. The largest absolute Gasteiger partial charge is 0.461 e. The van der Waals surface area contributed by atoms with Gasteiger partial charge in [-0.15, -0.1) is 0 Å². The lowest BCUT2D eigenvalue weighted by Crippen LogP contribution is -2.34. The smallest absolute Gasteiger partial charge is 0.357 e. The summed E-state index contributed by atoms with van der Waals surface area (Å²) in [5.74, 6) is -0.845. The molecule has 1 aliphatic rings. The van der Waals surface area contributed by atoms with E-state index in [1.807, 2.05) is 30.3 Å². The second-order valence-electron chi connectivity index (χ2n) is 6.53. The van der Waals surface area contributed by atoms with Gasteiger partial charge in [0.15, 0.2) is 11.4 Å². The molecule has 0 aliphatic carbocycles. The average Bonchev–Trinajstić information content (AvgIpc) is 3.31. The minimum atomic E-state index is -0.570. The van der Waals surface area contributed by atoms with Crippen LogP contribution < -0.4 is 0 Å². The Bertz CT molecular complexity index is 992. The van der Waals surface area contributed by atoms with Crippen LogP contribution in [0.2, 0.25) is 0 Å². The van der Waals surface area contributed by atoms with E-state index < -0.39 is 5.97 Å². The first-order valence-corrected chi connectivity index (χ1v) is 9.30. The van der Waals surface area contributed by atoms with Gasteiger partial charge in [-0.2, -0.15) is 5.10 Å². The average molecular weight is 379 g/mol. The SMILES string of the molecule is CCOC(=O)c1[nH]cnc1C(=O)N1CCc2[nH]nc(-c3ccccc3)c2CC1. The number of ether oxygens (including phenoxy) is 1. The fourth-order valence-corrected chi connectivity index (χ4v) is 3.49. The second-order valence-corrected chi connectivity index (χ2v) is 6.53. The molecule has 0 fully saturated rings. The molecule has 0 spiro atoms. The molecule has 0 saturated heterocycles. The Morgan fingerprint density at radius 3 is 2.75 bits per heavy atom. The van der Waals surface area contributed by atoms with Crippen molar-refractivity contribution in [3.63, 3.8) is 0 Å². The molecule has 2 aromatic heterocycles. The Morgan fingerprint density at radius 2 is 1.96 bits per heavy atom. The number of esters is 1. The first kappa shape index (κ1) is 18.0. The Hall–Kier alpha value is -3.42. The van der Waals surface area contributed by atoms with Gasteiger partial charge in [-0.05, 0) is 13.3 Å². The minimum absolute atomic E-state index is 0.0984. The number of amides is 1. The number of nitrogens with zero attached hydrogens (tertiary/aromatic N) is 3. The number of hydrogen-bond donors (Lipinski definition) is 2. The van der Waals surface area contributed by atoms with Gasteiger partial charge in [0.05, 0.1) is 18.6 Å². The van der Waals surface area contributed by atoms with Gasteiger partial charge in [-0.3, -0.25) is 9.89 Å². The van der Waals surface area contributed by atoms with Crippen molar-refractivity contribution in [1.82, 2.24) is 25.1 Å². The lowest BCUT2D eigenvalue weighted by Gasteiger charge is -2.19. The highest BCUT2D eigenvalue weighted by Gasteiger charge is 2.28. The summed E-state index contributed by atoms with van der Waals surface area (Å²) < 4.78 is 5.00. The number of aromatic amines is 2. The van der Waals surface area contributed by atoms with Crippen LogP contribution in [0.1, 0.15) is 39.2 Å². The molecule has 144 valence electrons. The summed E-state index contributed by atoms with van der Waals surface area (Å²) in [5.41, 5.74) is 4.36. The first-order chi connectivity index (χ1) is 13.7. The summed E-state index contributed by atoms with van der Waals surface area (Å²) in [6.45, 7) is 3.01. The minimum Gasteiger partial charge on any atom is -0.461 e. The predicted molar refractivity (Wildman–Crippen MR) is 102 cm³/mol. The van der Waals surface area contributed by atoms with E-state index in [0.717, 1.165) is 22.5 Å². The van der Waals surface area contributed by atoms with Crippen molar-refractivity contribution in [3.8, 4) is 11.3 Å². The van der Waals surface area contributed by atoms with Gasteiger partial charge in [0.1, 0.15) is 0 Å². The van der Waals surface area contributed by atoms with Crippen LogP contribution >= 0.6 is 0 Å². The molecule has 0 atom stereocenters. The molecular formula is C20H21N5O3. The molecule has 28 heavy (non-hydrogen) atoms. The highest BCUT2D eigenvalue weighted by molar-refractivity contribution is 6.02. The monoisotopic (exact) mass is 379 g/mol. The van der Waals surface area contributed by atoms with Gasteiger partial charge < -0.3 is 14.6 Å². The van der Waals surface area contributed by atoms with E-state index in [9.17, 15) is 9.59 Å². The molecule has 0 unspecified atom stereocenters. The van der Waals surface area contributed by atoms with Gasteiger partial charge in [0, 0.05) is 36.3 Å². The molecule has 0 saturated carbocycles. The number of aromatic nitrogens is 4. The van der Waals surface area contributed by atoms with Crippen LogP contribution in [-0.4, -0.2) is 56.6 Å². The predicted octanol–water partition coefficient (Wildman–Crippen LogP) is 2.22. The van der Waals surface area contributed by atoms with E-state index in [1.165, 1.54) is 6.33 Å². The quantitative estimate of drug-likeness (QED) is 0.677. The standard InChI is InChI=1S/C20H21N5O3/c1-2-28-20(27)18-17(21-12-22-18)19(26)25-10-8-14-15(9-11-25)23-24-16(14)13-6-4-3-5-7-13/h3-7,12H,2,8-11H2,1H3,(H,21,22)(H,23,24). The van der Waals surface area contributed by atoms with E-state index in [4.69, 9.17) is 4.74 Å². The van der Waals surface area contributed by atoms with Crippen LogP contribution in [0.5, 0.6) is 0 Å². The topological polar surface area (TPSA) is 104 Å². The van der Waals surface area contributed by atoms with Crippen molar-refractivity contribution in [3.05, 3.63) is 59.3 Å². The van der Waals surface area contributed by atoms with Crippen molar-refractivity contribution < 1.29 is 14.3 Å². The molecule has 0 radical (unpaired) electrons. The maximum absolute atomic E-state index is 13.0. The molecular weight excluding hydrogens is 358 g/mol. The van der Waals surface area contributed by atoms with Crippen LogP contribution in [-0.2, 0) is 17.6 Å². The van der Waals surface area contributed by atoms with E-state index in [2.05, 4.69) is 20.2 Å². The van der Waals surface area contributed by atoms with Gasteiger partial charge >= 0.3 is 5.97 Å². The van der Waals surface area contributed by atoms with Crippen LogP contribution in [0.4, 0.5) is 0 Å². The number of benzene rings is 1. The van der Waals surface area contributed by atoms with Gasteiger partial charge in [-0.1, -0.05) is 30.3 Å². The second kappa shape index (κ2) is 7.67. The number of carbonyl (C=O) groups excluding carboxylic acids is 2. The van der Waals surface area contributed by atoms with Crippen LogP contribution in [0.15, 0.2) is 36.7 Å². The van der Waals surface area contributed by atoms with Crippen LogP contribution in [0.3, 0.4) is 0 Å². The number of fused-ring (bicyclic) bond motifs is 1. The number of rotatable bonds is 4. The van der Waals surface area contributed by atoms with Crippen molar-refractivity contribution >= 4 is 11.9 Å². The normalized spacial score (nSPS) is 13.7. The summed E-state index contributed by atoms with van der Waals surface area (Å²) >= 11 is 0. The lowest BCUT2D eigenvalue weighted by molar-refractivity contribution is 0.0512. The Kier molecular flexibility index (Phi) is 4.92. The maximum Gasteiger partial charge on any atom is 0.357 e. The molecule has 3 aromatic rings. The summed E-state index contributed by atoms with van der Waals surface area (Å²) in [5, 5.41) is 7.60. The Labute approximate surface area is 161 Å². The Balaban J connectivity index is 1.54. The Morgan fingerprint density at radius 1 is 1.18 bits per heavy atom. The third-order valence-corrected chi connectivity index (χ3v) is 4.87. The molecule has 8 nitrogen and oxygen atoms in total. The zero-order valence-electron chi connectivity index (χ0n) is 15.6. The number of nitrogens with one attached hydrogen (secondary N) is 2. The number of H-pyrrole nitrogens is 2. The van der Waals surface area contributed by atoms with Crippen molar-refractivity contribution in [2.24, 2.45) is 0 Å². The zero-order valence-corrected chi connectivity index (χ0v) is 15.6. The molecule has 0 bridgehead atoms. The summed E-state index contributed by atoms with van der Waals surface area (Å²) in [7, 11) is 0. The number of imidazole rings is 1. The number of hydrogen-bond acceptors (Lipinski definition) is 5. The van der Waals surface area contributed by atoms with Crippen molar-refractivity contribution in [2.75, 3.05) is 19.7 Å². The van der Waals surface area contributed by atoms with Crippen molar-refractivity contribution in [2.45, 2.75) is 19.8 Å². The number of carbonyl (C=O) groups is 2. The maximum atomic E-state index is 13.0. The van der Waals surface area contributed by atoms with E-state index in [-0.39, 0.29) is 23.9 Å². The van der Waals surface area contributed by atoms with Gasteiger partial charge in [0.25, 0.3) is 5.91 Å². The zero-order chi connectivity index (χ0) is 19.5. The van der Waals surface area contributed by atoms with E-state index in [0.29, 0.717) is 25.9 Å². The van der Waals surface area contributed by atoms with Gasteiger partial charge in [-0.25, -0.2) is 9.78 Å². The summed E-state index contributed by atoms with van der Waals surface area (Å²) in [6.07, 6.45) is 2.69. The molecule has 1 aromatic carbocycles. The van der Waals surface area contributed by atoms with E-state index >= 15 is 0 Å². The summed E-state index contributed by atoms with van der Waals surface area (Å²) in [4.78, 5) is 33.5. The van der Waals surface area contributed by atoms with E-state index in [1.54, 1.807) is 11.8 Å². The molecule has 1 amide bonds. The molecule has 2 N–H and O–H groups in total. The van der Waals surface area contributed by atoms with Gasteiger partial charge in [0.2, 0.25) is 0 Å². The highest BCUT2D eigenvalue weighted by Crippen LogP contribution is 2.27. The lowest BCUT2D eigenvalue weighted by atomic mass is 10.0. The molecule has 3 heterocycles. The fourth-order valence-electron chi connectivity index (χ4n) is 3.49.